The maximum Gasteiger partial charge on any atom is 0.247 e. The molecule has 114 valence electrons. The maximum atomic E-state index is 12.2. The first-order chi connectivity index (χ1) is 10.6. The summed E-state index contributed by atoms with van der Waals surface area (Å²) < 4.78 is 0. The van der Waals surface area contributed by atoms with E-state index in [0.717, 1.165) is 24.0 Å². The summed E-state index contributed by atoms with van der Waals surface area (Å²) >= 11 is 0. The van der Waals surface area contributed by atoms with Crippen LogP contribution in [-0.2, 0) is 11.2 Å². The molecule has 2 rings (SSSR count). The second-order valence-electron chi connectivity index (χ2n) is 5.64. The number of hydrogen-bond donors (Lipinski definition) is 1. The Kier molecular flexibility index (Phi) is 5.96. The summed E-state index contributed by atoms with van der Waals surface area (Å²) in [7, 11) is 0. The fraction of sp³-hybridized carbons (Fsp3) is 0.250. The van der Waals surface area contributed by atoms with Gasteiger partial charge in [0, 0.05) is 11.6 Å². The smallest absolute Gasteiger partial charge is 0.247 e. The van der Waals surface area contributed by atoms with Gasteiger partial charge < -0.3 is 5.32 Å². The van der Waals surface area contributed by atoms with E-state index in [4.69, 9.17) is 0 Å². The summed E-state index contributed by atoms with van der Waals surface area (Å²) in [6.07, 6.45) is 3.83. The van der Waals surface area contributed by atoms with Crippen LogP contribution in [0, 0.1) is 0 Å². The Bertz CT molecular complexity index is 617. The number of benzene rings is 2. The van der Waals surface area contributed by atoms with Crippen LogP contribution in [0.5, 0.6) is 0 Å². The summed E-state index contributed by atoms with van der Waals surface area (Å²) in [4.78, 5) is 12.2. The van der Waals surface area contributed by atoms with Gasteiger partial charge in [-0.15, -0.1) is 0 Å². The third-order valence-corrected chi connectivity index (χ3v) is 3.63. The second-order valence-corrected chi connectivity index (χ2v) is 5.64. The van der Waals surface area contributed by atoms with E-state index in [0.29, 0.717) is 0 Å². The Morgan fingerprint density at radius 3 is 2.27 bits per heavy atom. The Morgan fingerprint density at radius 1 is 1.05 bits per heavy atom. The molecular formula is C20H23NO. The minimum Gasteiger partial charge on any atom is -0.350 e. The van der Waals surface area contributed by atoms with Gasteiger partial charge in [0.1, 0.15) is 0 Å². The van der Waals surface area contributed by atoms with Crippen molar-refractivity contribution < 1.29 is 4.79 Å². The van der Waals surface area contributed by atoms with Gasteiger partial charge in [-0.3, -0.25) is 4.79 Å². The van der Waals surface area contributed by atoms with E-state index in [9.17, 15) is 4.79 Å². The highest BCUT2D eigenvalue weighted by Gasteiger charge is 2.09. The molecule has 22 heavy (non-hydrogen) atoms. The average Bonchev–Trinajstić information content (AvgIpc) is 2.55. The van der Waals surface area contributed by atoms with Gasteiger partial charge in [-0.2, -0.15) is 0 Å². The van der Waals surface area contributed by atoms with Gasteiger partial charge >= 0.3 is 0 Å². The second kappa shape index (κ2) is 8.18. The monoisotopic (exact) mass is 293 g/mol. The first-order valence-corrected chi connectivity index (χ1v) is 7.73. The molecule has 0 fully saturated rings. The van der Waals surface area contributed by atoms with Gasteiger partial charge in [0.25, 0.3) is 0 Å². The van der Waals surface area contributed by atoms with Gasteiger partial charge in [0.2, 0.25) is 5.91 Å². The summed E-state index contributed by atoms with van der Waals surface area (Å²) in [5.41, 5.74) is 3.09. The lowest BCUT2D eigenvalue weighted by atomic mass is 10.1. The molecule has 1 unspecified atom stereocenters. The number of nitrogens with one attached hydrogen (secondary N) is 1. The SMILES string of the molecule is C/C(=C\c1ccccc1)C(=O)NC(C)CCc1ccccc1. The lowest BCUT2D eigenvalue weighted by molar-refractivity contribution is -0.118. The zero-order valence-electron chi connectivity index (χ0n) is 13.3. The van der Waals surface area contributed by atoms with Gasteiger partial charge in [-0.05, 0) is 43.9 Å². The Balaban J connectivity index is 1.84. The fourth-order valence-corrected chi connectivity index (χ4v) is 2.30. The molecule has 0 aromatic heterocycles. The number of hydrogen-bond acceptors (Lipinski definition) is 1. The molecule has 0 spiro atoms. The largest absolute Gasteiger partial charge is 0.350 e. The summed E-state index contributed by atoms with van der Waals surface area (Å²) in [5.74, 6) is 0.00409. The van der Waals surface area contributed by atoms with E-state index < -0.39 is 0 Å². The first-order valence-electron chi connectivity index (χ1n) is 7.73. The van der Waals surface area contributed by atoms with Gasteiger partial charge in [-0.25, -0.2) is 0 Å². The Morgan fingerprint density at radius 2 is 1.64 bits per heavy atom. The summed E-state index contributed by atoms with van der Waals surface area (Å²) in [6, 6.07) is 20.4. The highest BCUT2D eigenvalue weighted by Crippen LogP contribution is 2.08. The van der Waals surface area contributed by atoms with Crippen LogP contribution in [0.3, 0.4) is 0 Å². The zero-order chi connectivity index (χ0) is 15.8. The van der Waals surface area contributed by atoms with Gasteiger partial charge in [-0.1, -0.05) is 60.7 Å². The van der Waals surface area contributed by atoms with Crippen molar-refractivity contribution in [3.05, 3.63) is 77.4 Å². The van der Waals surface area contributed by atoms with Gasteiger partial charge in [0.05, 0.1) is 0 Å². The number of amides is 1. The molecule has 1 amide bonds. The summed E-state index contributed by atoms with van der Waals surface area (Å²) in [6.45, 7) is 3.91. The molecule has 0 saturated heterocycles. The topological polar surface area (TPSA) is 29.1 Å². The van der Waals surface area contributed by atoms with Crippen LogP contribution in [0.1, 0.15) is 31.4 Å². The molecule has 1 atom stereocenters. The highest BCUT2D eigenvalue weighted by molar-refractivity contribution is 5.97. The van der Waals surface area contributed by atoms with E-state index in [-0.39, 0.29) is 11.9 Å². The normalized spacial score (nSPS) is 12.7. The van der Waals surface area contributed by atoms with Crippen LogP contribution >= 0.6 is 0 Å². The summed E-state index contributed by atoms with van der Waals surface area (Å²) in [5, 5.41) is 3.06. The van der Waals surface area contributed by atoms with Crippen molar-refractivity contribution in [2.75, 3.05) is 0 Å². The average molecular weight is 293 g/mol. The maximum absolute atomic E-state index is 12.2. The van der Waals surface area contributed by atoms with Crippen LogP contribution in [0.25, 0.3) is 6.08 Å². The predicted molar refractivity (Wildman–Crippen MR) is 92.5 cm³/mol. The van der Waals surface area contributed by atoms with E-state index in [1.165, 1.54) is 5.56 Å². The first kappa shape index (κ1) is 16.0. The Hall–Kier alpha value is -2.35. The number of aryl methyl sites for hydroxylation is 1. The molecule has 0 bridgehead atoms. The molecule has 0 saturated carbocycles. The highest BCUT2D eigenvalue weighted by atomic mass is 16.1. The Labute approximate surface area is 132 Å². The molecule has 0 aliphatic rings. The molecule has 2 aromatic rings. The molecule has 2 aromatic carbocycles. The van der Waals surface area contributed by atoms with Crippen molar-refractivity contribution in [2.24, 2.45) is 0 Å². The van der Waals surface area contributed by atoms with Crippen molar-refractivity contribution in [3.63, 3.8) is 0 Å². The molecule has 0 aliphatic carbocycles. The minimum atomic E-state index is 0.00409. The number of carbonyl (C=O) groups excluding carboxylic acids is 1. The fourth-order valence-electron chi connectivity index (χ4n) is 2.30. The van der Waals surface area contributed by atoms with E-state index >= 15 is 0 Å². The van der Waals surface area contributed by atoms with E-state index in [2.05, 4.69) is 24.4 Å². The van der Waals surface area contributed by atoms with Gasteiger partial charge in [0.15, 0.2) is 0 Å². The lowest BCUT2D eigenvalue weighted by Crippen LogP contribution is -2.33. The van der Waals surface area contributed by atoms with E-state index in [1.54, 1.807) is 0 Å². The molecule has 2 nitrogen and oxygen atoms in total. The van der Waals surface area contributed by atoms with Crippen molar-refractivity contribution in [2.45, 2.75) is 32.7 Å². The lowest BCUT2D eigenvalue weighted by Gasteiger charge is -2.14. The third kappa shape index (κ3) is 5.21. The minimum absolute atomic E-state index is 0.00409. The number of rotatable bonds is 6. The van der Waals surface area contributed by atoms with E-state index in [1.807, 2.05) is 61.5 Å². The zero-order valence-corrected chi connectivity index (χ0v) is 13.3. The van der Waals surface area contributed by atoms with Crippen LogP contribution in [0.2, 0.25) is 0 Å². The van der Waals surface area contributed by atoms with Crippen LogP contribution in [0.4, 0.5) is 0 Å². The molecule has 1 N–H and O–H groups in total. The van der Waals surface area contributed by atoms with Crippen molar-refractivity contribution in [1.82, 2.24) is 5.32 Å². The number of carbonyl (C=O) groups is 1. The van der Waals surface area contributed by atoms with Crippen molar-refractivity contribution >= 4 is 12.0 Å². The molecule has 2 heteroatoms. The molecule has 0 heterocycles. The third-order valence-electron chi connectivity index (χ3n) is 3.63. The van der Waals surface area contributed by atoms with Crippen LogP contribution in [0.15, 0.2) is 66.2 Å². The van der Waals surface area contributed by atoms with Crippen LogP contribution in [-0.4, -0.2) is 11.9 Å². The van der Waals surface area contributed by atoms with Crippen LogP contribution < -0.4 is 5.32 Å². The van der Waals surface area contributed by atoms with Crippen molar-refractivity contribution in [3.8, 4) is 0 Å². The molecular weight excluding hydrogens is 270 g/mol. The molecule has 0 aliphatic heterocycles. The predicted octanol–water partition coefficient (Wildman–Crippen LogP) is 4.23. The quantitative estimate of drug-likeness (QED) is 0.794. The van der Waals surface area contributed by atoms with Crippen molar-refractivity contribution in [1.29, 1.82) is 0 Å². The standard InChI is InChI=1S/C20H23NO/c1-16(15-19-11-7-4-8-12-19)20(22)21-17(2)13-14-18-9-5-3-6-10-18/h3-12,15,17H,13-14H2,1-2H3,(H,21,22)/b16-15+. The molecule has 0 radical (unpaired) electrons.